The van der Waals surface area contributed by atoms with E-state index in [1.54, 1.807) is 0 Å². The second kappa shape index (κ2) is 4.52. The van der Waals surface area contributed by atoms with Gasteiger partial charge in [0.25, 0.3) is 0 Å². The number of carboxylic acid groups (broad SMARTS) is 1. The predicted octanol–water partition coefficient (Wildman–Crippen LogP) is 2.43. The molecule has 0 bridgehead atoms. The van der Waals surface area contributed by atoms with E-state index < -0.39 is 5.97 Å². The first-order chi connectivity index (χ1) is 8.75. The van der Waals surface area contributed by atoms with E-state index in [0.717, 1.165) is 36.3 Å². The maximum absolute atomic E-state index is 11.1. The molecular formula is C14H16O4. The van der Waals surface area contributed by atoms with Gasteiger partial charge in [-0.25, -0.2) is 0 Å². The van der Waals surface area contributed by atoms with Crippen molar-refractivity contribution in [2.45, 2.75) is 25.2 Å². The van der Waals surface area contributed by atoms with Crippen LogP contribution in [0.25, 0.3) is 0 Å². The van der Waals surface area contributed by atoms with Crippen molar-refractivity contribution in [1.29, 1.82) is 0 Å². The number of rotatable bonds is 2. The number of fused-ring (bicyclic) bond motifs is 1. The predicted molar refractivity (Wildman–Crippen MR) is 65.1 cm³/mol. The van der Waals surface area contributed by atoms with Gasteiger partial charge in [-0.2, -0.15) is 0 Å². The lowest BCUT2D eigenvalue weighted by Crippen LogP contribution is -2.30. The molecule has 0 amide bonds. The monoisotopic (exact) mass is 248 g/mol. The van der Waals surface area contributed by atoms with Crippen LogP contribution in [0.2, 0.25) is 0 Å². The molecule has 1 saturated carbocycles. The largest absolute Gasteiger partial charge is 0.490 e. The zero-order valence-corrected chi connectivity index (χ0v) is 10.1. The molecule has 4 heteroatoms. The Morgan fingerprint density at radius 2 is 1.94 bits per heavy atom. The highest BCUT2D eigenvalue weighted by molar-refractivity contribution is 5.72. The highest BCUT2D eigenvalue weighted by Gasteiger charge is 2.37. The van der Waals surface area contributed by atoms with Crippen LogP contribution in [0.4, 0.5) is 0 Å². The molecular weight excluding hydrogens is 232 g/mol. The average Bonchev–Trinajstić information content (AvgIpc) is 2.51. The van der Waals surface area contributed by atoms with Gasteiger partial charge in [-0.1, -0.05) is 6.07 Å². The SMILES string of the molecule is O=C(O)C1CCC1c1ccc2c(c1)OCCCO2. The van der Waals surface area contributed by atoms with Crippen molar-refractivity contribution in [3.8, 4) is 11.5 Å². The summed E-state index contributed by atoms with van der Waals surface area (Å²) < 4.78 is 11.2. The van der Waals surface area contributed by atoms with Gasteiger partial charge >= 0.3 is 5.97 Å². The third kappa shape index (κ3) is 1.92. The third-order valence-electron chi connectivity index (χ3n) is 3.79. The molecule has 1 aromatic carbocycles. The van der Waals surface area contributed by atoms with Crippen molar-refractivity contribution < 1.29 is 19.4 Å². The highest BCUT2D eigenvalue weighted by atomic mass is 16.5. The Bertz CT molecular complexity index is 469. The van der Waals surface area contributed by atoms with Gasteiger partial charge < -0.3 is 14.6 Å². The first kappa shape index (κ1) is 11.4. The van der Waals surface area contributed by atoms with E-state index in [2.05, 4.69) is 0 Å². The normalized spacial score (nSPS) is 26.0. The minimum absolute atomic E-state index is 0.125. The Kier molecular flexibility index (Phi) is 2.86. The fraction of sp³-hybridized carbons (Fsp3) is 0.500. The minimum Gasteiger partial charge on any atom is -0.490 e. The number of hydrogen-bond acceptors (Lipinski definition) is 3. The molecule has 2 aliphatic rings. The topological polar surface area (TPSA) is 55.8 Å². The van der Waals surface area contributed by atoms with E-state index in [9.17, 15) is 4.79 Å². The summed E-state index contributed by atoms with van der Waals surface area (Å²) in [7, 11) is 0. The smallest absolute Gasteiger partial charge is 0.307 e. The second-order valence-electron chi connectivity index (χ2n) is 4.89. The summed E-state index contributed by atoms with van der Waals surface area (Å²) in [5.74, 6) is 0.705. The van der Waals surface area contributed by atoms with Gasteiger partial charge in [-0.3, -0.25) is 4.79 Å². The fourth-order valence-corrected chi connectivity index (χ4v) is 2.61. The first-order valence-electron chi connectivity index (χ1n) is 6.38. The number of carboxylic acids is 1. The van der Waals surface area contributed by atoms with Crippen LogP contribution >= 0.6 is 0 Å². The summed E-state index contributed by atoms with van der Waals surface area (Å²) in [6, 6.07) is 5.81. The molecule has 2 atom stereocenters. The van der Waals surface area contributed by atoms with Crippen LogP contribution in [0, 0.1) is 5.92 Å². The summed E-state index contributed by atoms with van der Waals surface area (Å²) >= 11 is 0. The quantitative estimate of drug-likeness (QED) is 0.873. The van der Waals surface area contributed by atoms with Crippen LogP contribution in [0.1, 0.15) is 30.7 Å². The zero-order chi connectivity index (χ0) is 12.5. The van der Waals surface area contributed by atoms with Crippen LogP contribution in [-0.2, 0) is 4.79 Å². The third-order valence-corrected chi connectivity index (χ3v) is 3.79. The van der Waals surface area contributed by atoms with Gasteiger partial charge in [0.15, 0.2) is 11.5 Å². The van der Waals surface area contributed by atoms with Gasteiger partial charge in [0.05, 0.1) is 19.1 Å². The van der Waals surface area contributed by atoms with Crippen molar-refractivity contribution >= 4 is 5.97 Å². The first-order valence-corrected chi connectivity index (χ1v) is 6.38. The molecule has 1 N–H and O–H groups in total. The molecule has 0 spiro atoms. The molecule has 1 aromatic rings. The van der Waals surface area contributed by atoms with Crippen molar-refractivity contribution in [2.24, 2.45) is 5.92 Å². The van der Waals surface area contributed by atoms with Crippen LogP contribution in [0.3, 0.4) is 0 Å². The van der Waals surface area contributed by atoms with E-state index in [1.807, 2.05) is 18.2 Å². The standard InChI is InChI=1S/C14H16O4/c15-14(16)11-4-3-10(11)9-2-5-12-13(8-9)18-7-1-6-17-12/h2,5,8,10-11H,1,3-4,6-7H2,(H,15,16). The van der Waals surface area contributed by atoms with E-state index in [-0.39, 0.29) is 11.8 Å². The van der Waals surface area contributed by atoms with E-state index >= 15 is 0 Å². The Balaban J connectivity index is 1.85. The number of benzene rings is 1. The number of aliphatic carboxylic acids is 1. The highest BCUT2D eigenvalue weighted by Crippen LogP contribution is 2.44. The lowest BCUT2D eigenvalue weighted by molar-refractivity contribution is -0.145. The van der Waals surface area contributed by atoms with Crippen molar-refractivity contribution in [3.63, 3.8) is 0 Å². The lowest BCUT2D eigenvalue weighted by atomic mass is 9.70. The van der Waals surface area contributed by atoms with Crippen LogP contribution in [0.5, 0.6) is 11.5 Å². The van der Waals surface area contributed by atoms with E-state index in [0.29, 0.717) is 13.2 Å². The number of ether oxygens (including phenoxy) is 2. The second-order valence-corrected chi connectivity index (χ2v) is 4.89. The van der Waals surface area contributed by atoms with Crippen molar-refractivity contribution in [2.75, 3.05) is 13.2 Å². The average molecular weight is 248 g/mol. The fourth-order valence-electron chi connectivity index (χ4n) is 2.61. The summed E-state index contributed by atoms with van der Waals surface area (Å²) in [6.07, 6.45) is 2.59. The summed E-state index contributed by atoms with van der Waals surface area (Å²) in [5, 5.41) is 9.09. The number of hydrogen-bond donors (Lipinski definition) is 1. The van der Waals surface area contributed by atoms with Crippen molar-refractivity contribution in [1.82, 2.24) is 0 Å². The van der Waals surface area contributed by atoms with Gasteiger partial charge in [0, 0.05) is 6.42 Å². The van der Waals surface area contributed by atoms with Gasteiger partial charge in [-0.05, 0) is 36.5 Å². The minimum atomic E-state index is -0.696. The Morgan fingerprint density at radius 3 is 2.61 bits per heavy atom. The van der Waals surface area contributed by atoms with E-state index in [1.165, 1.54) is 0 Å². The molecule has 1 aliphatic carbocycles. The molecule has 96 valence electrons. The van der Waals surface area contributed by atoms with Gasteiger partial charge in [-0.15, -0.1) is 0 Å². The zero-order valence-electron chi connectivity index (χ0n) is 10.1. The van der Waals surface area contributed by atoms with Gasteiger partial charge in [0.2, 0.25) is 0 Å². The number of carbonyl (C=O) groups is 1. The molecule has 2 unspecified atom stereocenters. The van der Waals surface area contributed by atoms with Crippen LogP contribution < -0.4 is 9.47 Å². The van der Waals surface area contributed by atoms with Crippen molar-refractivity contribution in [3.05, 3.63) is 23.8 Å². The molecule has 18 heavy (non-hydrogen) atoms. The molecule has 4 nitrogen and oxygen atoms in total. The summed E-state index contributed by atoms with van der Waals surface area (Å²) in [6.45, 7) is 1.33. The molecule has 1 heterocycles. The Morgan fingerprint density at radius 1 is 1.17 bits per heavy atom. The maximum Gasteiger partial charge on any atom is 0.307 e. The Labute approximate surface area is 106 Å². The molecule has 1 fully saturated rings. The van der Waals surface area contributed by atoms with Crippen LogP contribution in [0.15, 0.2) is 18.2 Å². The summed E-state index contributed by atoms with van der Waals surface area (Å²) in [5.41, 5.74) is 1.05. The maximum atomic E-state index is 11.1. The Hall–Kier alpha value is -1.71. The van der Waals surface area contributed by atoms with E-state index in [4.69, 9.17) is 14.6 Å². The lowest BCUT2D eigenvalue weighted by Gasteiger charge is -2.33. The van der Waals surface area contributed by atoms with Crippen LogP contribution in [-0.4, -0.2) is 24.3 Å². The molecule has 0 aromatic heterocycles. The molecule has 0 saturated heterocycles. The molecule has 1 aliphatic heterocycles. The summed E-state index contributed by atoms with van der Waals surface area (Å²) in [4.78, 5) is 11.1. The molecule has 3 rings (SSSR count). The van der Waals surface area contributed by atoms with Gasteiger partial charge in [0.1, 0.15) is 0 Å². The molecule has 0 radical (unpaired) electrons.